The van der Waals surface area contributed by atoms with Gasteiger partial charge in [0.15, 0.2) is 5.78 Å². The van der Waals surface area contributed by atoms with Gasteiger partial charge in [-0.3, -0.25) is 4.79 Å². The van der Waals surface area contributed by atoms with Gasteiger partial charge in [0, 0.05) is 16.9 Å². The van der Waals surface area contributed by atoms with Crippen LogP contribution in [0.2, 0.25) is 5.02 Å². The van der Waals surface area contributed by atoms with E-state index >= 15 is 0 Å². The molecule has 1 spiro atoms. The van der Waals surface area contributed by atoms with Crippen molar-refractivity contribution in [2.45, 2.75) is 39.0 Å². The number of halogens is 1. The van der Waals surface area contributed by atoms with E-state index in [1.165, 1.54) is 0 Å². The number of carbonyl (C=O) groups excluding carboxylic acids is 1. The van der Waals surface area contributed by atoms with Gasteiger partial charge in [-0.05, 0) is 60.2 Å². The predicted molar refractivity (Wildman–Crippen MR) is 102 cm³/mol. The second-order valence-corrected chi connectivity index (χ2v) is 7.78. The highest BCUT2D eigenvalue weighted by atomic mass is 35.5. The average Bonchev–Trinajstić information content (AvgIpc) is 3.15. The summed E-state index contributed by atoms with van der Waals surface area (Å²) in [7, 11) is 0. The first-order valence-electron chi connectivity index (χ1n) is 8.84. The summed E-state index contributed by atoms with van der Waals surface area (Å²) in [6.45, 7) is 1.99. The van der Waals surface area contributed by atoms with Crippen LogP contribution in [0.4, 0.5) is 0 Å². The summed E-state index contributed by atoms with van der Waals surface area (Å²) in [4.78, 5) is 12.8. The third-order valence-electron chi connectivity index (χ3n) is 5.76. The molecule has 0 saturated heterocycles. The van der Waals surface area contributed by atoms with E-state index in [2.05, 4.69) is 0 Å². The lowest BCUT2D eigenvalue weighted by molar-refractivity contribution is -0.114. The van der Waals surface area contributed by atoms with Crippen molar-refractivity contribution >= 4 is 23.0 Å². The first-order chi connectivity index (χ1) is 12.0. The standard InChI is InChI=1S/C22H21ClO2/c1-14-4-5-16(15-6-8-17(23)9-7-15)12-18(14)20-19(24)13-22(21(20)25)10-2-3-11-22/h4-9,12,25H,2-3,10-11,13H2,1H3. The molecule has 1 saturated carbocycles. The molecule has 25 heavy (non-hydrogen) atoms. The average molecular weight is 353 g/mol. The number of carbonyl (C=O) groups is 1. The summed E-state index contributed by atoms with van der Waals surface area (Å²) in [6.07, 6.45) is 4.48. The lowest BCUT2D eigenvalue weighted by atomic mass is 9.84. The van der Waals surface area contributed by atoms with E-state index in [-0.39, 0.29) is 11.2 Å². The second-order valence-electron chi connectivity index (χ2n) is 7.35. The van der Waals surface area contributed by atoms with Crippen LogP contribution >= 0.6 is 11.6 Å². The fraction of sp³-hybridized carbons (Fsp3) is 0.318. The SMILES string of the molecule is Cc1ccc(-c2ccc(Cl)cc2)cc1C1=C(O)C2(CCCC2)CC1=O. The van der Waals surface area contributed by atoms with Gasteiger partial charge in [-0.15, -0.1) is 0 Å². The Kier molecular flexibility index (Phi) is 3.96. The number of benzene rings is 2. The van der Waals surface area contributed by atoms with Crippen LogP contribution in [-0.4, -0.2) is 10.9 Å². The van der Waals surface area contributed by atoms with Gasteiger partial charge in [-0.2, -0.15) is 0 Å². The van der Waals surface area contributed by atoms with E-state index in [1.54, 1.807) is 0 Å². The minimum atomic E-state index is -0.296. The Morgan fingerprint density at radius 1 is 1.00 bits per heavy atom. The molecule has 1 fully saturated rings. The lowest BCUT2D eigenvalue weighted by Crippen LogP contribution is -2.16. The van der Waals surface area contributed by atoms with Crippen LogP contribution in [0.15, 0.2) is 48.2 Å². The molecule has 0 unspecified atom stereocenters. The quantitative estimate of drug-likeness (QED) is 0.707. The molecular formula is C22H21ClO2. The summed E-state index contributed by atoms with van der Waals surface area (Å²) in [6, 6.07) is 13.8. The number of aliphatic hydroxyl groups excluding tert-OH is 1. The van der Waals surface area contributed by atoms with Crippen molar-refractivity contribution in [1.29, 1.82) is 0 Å². The Balaban J connectivity index is 1.82. The van der Waals surface area contributed by atoms with Crippen molar-refractivity contribution in [3.63, 3.8) is 0 Å². The zero-order chi connectivity index (χ0) is 17.6. The molecule has 2 aliphatic carbocycles. The molecule has 2 aromatic carbocycles. The van der Waals surface area contributed by atoms with Gasteiger partial charge in [0.1, 0.15) is 5.76 Å². The summed E-state index contributed by atoms with van der Waals surface area (Å²) in [5.74, 6) is 0.405. The van der Waals surface area contributed by atoms with Gasteiger partial charge in [0.2, 0.25) is 0 Å². The summed E-state index contributed by atoms with van der Waals surface area (Å²) >= 11 is 5.98. The zero-order valence-electron chi connectivity index (χ0n) is 14.3. The van der Waals surface area contributed by atoms with Crippen molar-refractivity contribution in [3.05, 3.63) is 64.4 Å². The van der Waals surface area contributed by atoms with Crippen LogP contribution in [0.5, 0.6) is 0 Å². The van der Waals surface area contributed by atoms with Crippen LogP contribution in [0.25, 0.3) is 16.7 Å². The van der Waals surface area contributed by atoms with Crippen molar-refractivity contribution in [2.75, 3.05) is 0 Å². The topological polar surface area (TPSA) is 37.3 Å². The molecule has 2 aliphatic rings. The van der Waals surface area contributed by atoms with Gasteiger partial charge < -0.3 is 5.11 Å². The second kappa shape index (κ2) is 6.03. The molecule has 0 atom stereocenters. The zero-order valence-corrected chi connectivity index (χ0v) is 15.1. The third-order valence-corrected chi connectivity index (χ3v) is 6.01. The molecule has 0 heterocycles. The Labute approximate surface area is 153 Å². The maximum atomic E-state index is 12.8. The van der Waals surface area contributed by atoms with Crippen molar-refractivity contribution in [1.82, 2.24) is 0 Å². The van der Waals surface area contributed by atoms with Crippen molar-refractivity contribution in [3.8, 4) is 11.1 Å². The van der Waals surface area contributed by atoms with E-state index in [0.29, 0.717) is 22.8 Å². The van der Waals surface area contributed by atoms with Gasteiger partial charge in [-0.25, -0.2) is 0 Å². The lowest BCUT2D eigenvalue weighted by Gasteiger charge is -2.21. The van der Waals surface area contributed by atoms with E-state index in [9.17, 15) is 9.90 Å². The minimum Gasteiger partial charge on any atom is -0.511 e. The third kappa shape index (κ3) is 2.69. The van der Waals surface area contributed by atoms with Crippen molar-refractivity contribution in [2.24, 2.45) is 5.41 Å². The number of aliphatic hydroxyl groups is 1. The molecule has 0 aliphatic heterocycles. The van der Waals surface area contributed by atoms with Gasteiger partial charge in [-0.1, -0.05) is 48.7 Å². The van der Waals surface area contributed by atoms with Crippen molar-refractivity contribution < 1.29 is 9.90 Å². The first kappa shape index (κ1) is 16.4. The largest absolute Gasteiger partial charge is 0.511 e. The number of Topliss-reactive ketones (excluding diaryl/α,β-unsaturated/α-hetero) is 1. The Hall–Kier alpha value is -2.06. The monoisotopic (exact) mass is 352 g/mol. The maximum Gasteiger partial charge on any atom is 0.167 e. The molecule has 0 aromatic heterocycles. The van der Waals surface area contributed by atoms with E-state index in [0.717, 1.165) is 47.9 Å². The summed E-state index contributed by atoms with van der Waals surface area (Å²) in [5, 5.41) is 11.6. The maximum absolute atomic E-state index is 12.8. The smallest absolute Gasteiger partial charge is 0.167 e. The molecule has 3 heteroatoms. The molecule has 4 rings (SSSR count). The number of rotatable bonds is 2. The van der Waals surface area contributed by atoms with E-state index < -0.39 is 0 Å². The van der Waals surface area contributed by atoms with Crippen LogP contribution in [0.3, 0.4) is 0 Å². The van der Waals surface area contributed by atoms with Crippen LogP contribution in [-0.2, 0) is 4.79 Å². The number of ketones is 1. The fourth-order valence-corrected chi connectivity index (χ4v) is 4.46. The molecule has 1 N–H and O–H groups in total. The molecule has 0 radical (unpaired) electrons. The van der Waals surface area contributed by atoms with Gasteiger partial charge >= 0.3 is 0 Å². The normalized spacial score (nSPS) is 19.2. The van der Waals surface area contributed by atoms with Crippen LogP contribution in [0, 0.1) is 12.3 Å². The molecule has 2 nitrogen and oxygen atoms in total. The number of hydrogen-bond donors (Lipinski definition) is 1. The predicted octanol–water partition coefficient (Wildman–Crippen LogP) is 6.12. The minimum absolute atomic E-state index is 0.0794. The van der Waals surface area contributed by atoms with Crippen LogP contribution in [0.1, 0.15) is 43.2 Å². The molecule has 2 aromatic rings. The number of hydrogen-bond acceptors (Lipinski definition) is 2. The highest BCUT2D eigenvalue weighted by Gasteiger charge is 2.47. The Bertz CT molecular complexity index is 871. The van der Waals surface area contributed by atoms with E-state index in [4.69, 9.17) is 11.6 Å². The highest BCUT2D eigenvalue weighted by Crippen LogP contribution is 2.53. The number of aryl methyl sites for hydroxylation is 1. The van der Waals surface area contributed by atoms with E-state index in [1.807, 2.05) is 49.4 Å². The van der Waals surface area contributed by atoms with Crippen LogP contribution < -0.4 is 0 Å². The van der Waals surface area contributed by atoms with Gasteiger partial charge in [0.25, 0.3) is 0 Å². The first-order valence-corrected chi connectivity index (χ1v) is 9.22. The summed E-state index contributed by atoms with van der Waals surface area (Å²) in [5.41, 5.74) is 4.19. The number of allylic oxidation sites excluding steroid dienone is 2. The fourth-order valence-electron chi connectivity index (χ4n) is 4.33. The molecular weight excluding hydrogens is 332 g/mol. The highest BCUT2D eigenvalue weighted by molar-refractivity contribution is 6.30. The summed E-state index contributed by atoms with van der Waals surface area (Å²) < 4.78 is 0. The van der Waals surface area contributed by atoms with Gasteiger partial charge in [0.05, 0.1) is 5.57 Å². The Morgan fingerprint density at radius 2 is 1.64 bits per heavy atom. The Morgan fingerprint density at radius 3 is 2.32 bits per heavy atom. The molecule has 0 bridgehead atoms. The molecule has 128 valence electrons. The molecule has 0 amide bonds.